The third kappa shape index (κ3) is 4.43. The summed E-state index contributed by atoms with van der Waals surface area (Å²) in [5.74, 6) is -0.483. The Morgan fingerprint density at radius 3 is 2.57 bits per heavy atom. The van der Waals surface area contributed by atoms with Crippen LogP contribution in [0.3, 0.4) is 0 Å². The topological polar surface area (TPSA) is 55.4 Å². The van der Waals surface area contributed by atoms with Crippen LogP contribution < -0.4 is 5.32 Å². The number of unbranched alkanes of at least 4 members (excludes halogenated alkanes) is 1. The molecule has 1 aromatic heterocycles. The second-order valence-electron chi connectivity index (χ2n) is 4.50. The van der Waals surface area contributed by atoms with Crippen molar-refractivity contribution < 1.29 is 14.3 Å². The molecule has 1 amide bonds. The highest BCUT2D eigenvalue weighted by Crippen LogP contribution is 2.14. The van der Waals surface area contributed by atoms with Gasteiger partial charge in [0.2, 0.25) is 0 Å². The van der Waals surface area contributed by atoms with E-state index in [0.717, 1.165) is 12.8 Å². The molecule has 0 atom stereocenters. The number of ether oxygens (including phenoxy) is 1. The van der Waals surface area contributed by atoms with E-state index in [-0.39, 0.29) is 11.9 Å². The van der Waals surface area contributed by atoms with E-state index in [9.17, 15) is 9.59 Å². The van der Waals surface area contributed by atoms with Crippen LogP contribution in [0.5, 0.6) is 0 Å². The molecule has 0 aliphatic rings. The molecule has 0 aliphatic carbocycles. The molecule has 1 N–H and O–H groups in total. The lowest BCUT2D eigenvalue weighted by molar-refractivity contribution is 0.0499. The highest BCUT2D eigenvalue weighted by Gasteiger charge is 2.09. The minimum absolute atomic E-state index is 0.150. The summed E-state index contributed by atoms with van der Waals surface area (Å²) < 4.78 is 5.12. The van der Waals surface area contributed by atoms with Crippen LogP contribution in [0.25, 0.3) is 0 Å². The molecule has 0 radical (unpaired) electrons. The first-order chi connectivity index (χ1) is 10.2. The molecule has 0 spiro atoms. The van der Waals surface area contributed by atoms with Crippen molar-refractivity contribution in [3.63, 3.8) is 0 Å². The summed E-state index contributed by atoms with van der Waals surface area (Å²) in [7, 11) is 0. The Morgan fingerprint density at radius 1 is 1.19 bits per heavy atom. The van der Waals surface area contributed by atoms with Crippen molar-refractivity contribution in [2.45, 2.75) is 19.8 Å². The largest absolute Gasteiger partial charge is 0.462 e. The van der Waals surface area contributed by atoms with Gasteiger partial charge >= 0.3 is 5.97 Å². The third-order valence-electron chi connectivity index (χ3n) is 2.85. The number of anilines is 1. The van der Waals surface area contributed by atoms with Gasteiger partial charge in [0, 0.05) is 5.69 Å². The number of carbonyl (C=O) groups excluding carboxylic acids is 2. The molecule has 0 aliphatic heterocycles. The zero-order chi connectivity index (χ0) is 15.1. The Labute approximate surface area is 127 Å². The van der Waals surface area contributed by atoms with Gasteiger partial charge in [-0.2, -0.15) is 0 Å². The molecule has 0 bridgehead atoms. The average Bonchev–Trinajstić information content (AvgIpc) is 3.02. The standard InChI is InChI=1S/C16H17NO3S/c1-2-3-10-20-16(19)12-6-8-13(9-7-12)17-15(18)14-5-4-11-21-14/h4-9,11H,2-3,10H2,1H3,(H,17,18). The lowest BCUT2D eigenvalue weighted by atomic mass is 10.2. The van der Waals surface area contributed by atoms with E-state index in [4.69, 9.17) is 4.74 Å². The Balaban J connectivity index is 1.92. The van der Waals surface area contributed by atoms with Crippen molar-refractivity contribution in [3.8, 4) is 0 Å². The SMILES string of the molecule is CCCCOC(=O)c1ccc(NC(=O)c2cccs2)cc1. The second-order valence-corrected chi connectivity index (χ2v) is 5.45. The summed E-state index contributed by atoms with van der Waals surface area (Å²) in [5, 5.41) is 4.63. The van der Waals surface area contributed by atoms with Gasteiger partial charge in [0.15, 0.2) is 0 Å². The van der Waals surface area contributed by atoms with Gasteiger partial charge in [0.05, 0.1) is 17.0 Å². The molecule has 5 heteroatoms. The van der Waals surface area contributed by atoms with Crippen LogP contribution >= 0.6 is 11.3 Å². The van der Waals surface area contributed by atoms with E-state index in [1.807, 2.05) is 18.4 Å². The first-order valence-corrected chi connectivity index (χ1v) is 7.70. The molecule has 0 saturated heterocycles. The van der Waals surface area contributed by atoms with Gasteiger partial charge in [0.25, 0.3) is 5.91 Å². The van der Waals surface area contributed by atoms with Gasteiger partial charge in [-0.15, -0.1) is 11.3 Å². The molecule has 110 valence electrons. The van der Waals surface area contributed by atoms with Crippen LogP contribution in [0.2, 0.25) is 0 Å². The van der Waals surface area contributed by atoms with Crippen molar-refractivity contribution in [1.82, 2.24) is 0 Å². The Bertz CT molecular complexity index is 590. The number of benzene rings is 1. The van der Waals surface area contributed by atoms with Crippen LogP contribution in [0.15, 0.2) is 41.8 Å². The molecule has 0 saturated carbocycles. The minimum Gasteiger partial charge on any atom is -0.462 e. The van der Waals surface area contributed by atoms with Crippen LogP contribution in [-0.4, -0.2) is 18.5 Å². The fourth-order valence-corrected chi connectivity index (χ4v) is 2.30. The molecule has 2 rings (SSSR count). The van der Waals surface area contributed by atoms with Gasteiger partial charge in [0.1, 0.15) is 0 Å². The Morgan fingerprint density at radius 2 is 1.95 bits per heavy atom. The number of hydrogen-bond donors (Lipinski definition) is 1. The lowest BCUT2D eigenvalue weighted by Crippen LogP contribution is -2.10. The maximum atomic E-state index is 11.9. The first-order valence-electron chi connectivity index (χ1n) is 6.82. The predicted octanol–water partition coefficient (Wildman–Crippen LogP) is 3.96. The third-order valence-corrected chi connectivity index (χ3v) is 3.72. The van der Waals surface area contributed by atoms with Gasteiger partial charge in [-0.25, -0.2) is 4.79 Å². The van der Waals surface area contributed by atoms with E-state index in [1.165, 1.54) is 11.3 Å². The number of rotatable bonds is 6. The lowest BCUT2D eigenvalue weighted by Gasteiger charge is -2.06. The fraction of sp³-hybridized carbons (Fsp3) is 0.250. The smallest absolute Gasteiger partial charge is 0.338 e. The van der Waals surface area contributed by atoms with E-state index >= 15 is 0 Å². The van der Waals surface area contributed by atoms with Gasteiger partial charge in [-0.1, -0.05) is 19.4 Å². The molecule has 1 aromatic carbocycles. The van der Waals surface area contributed by atoms with Crippen LogP contribution in [-0.2, 0) is 4.74 Å². The molecular weight excluding hydrogens is 286 g/mol. The summed E-state index contributed by atoms with van der Waals surface area (Å²) in [6.07, 6.45) is 1.85. The van der Waals surface area contributed by atoms with E-state index in [1.54, 1.807) is 30.3 Å². The molecule has 4 nitrogen and oxygen atoms in total. The minimum atomic E-state index is -0.334. The fourth-order valence-electron chi connectivity index (χ4n) is 1.68. The zero-order valence-electron chi connectivity index (χ0n) is 11.8. The highest BCUT2D eigenvalue weighted by atomic mass is 32.1. The normalized spacial score (nSPS) is 10.1. The number of amides is 1. The van der Waals surface area contributed by atoms with E-state index in [2.05, 4.69) is 5.32 Å². The number of carbonyl (C=O) groups is 2. The molecule has 0 fully saturated rings. The second kappa shape index (κ2) is 7.59. The van der Waals surface area contributed by atoms with Crippen LogP contribution in [0.4, 0.5) is 5.69 Å². The van der Waals surface area contributed by atoms with Crippen molar-refractivity contribution >= 4 is 28.9 Å². The number of nitrogens with one attached hydrogen (secondary N) is 1. The van der Waals surface area contributed by atoms with Crippen LogP contribution in [0, 0.1) is 0 Å². The van der Waals surface area contributed by atoms with Crippen molar-refractivity contribution in [2.75, 3.05) is 11.9 Å². The van der Waals surface area contributed by atoms with Gasteiger partial charge in [-0.05, 0) is 42.1 Å². The van der Waals surface area contributed by atoms with Crippen molar-refractivity contribution in [3.05, 3.63) is 52.2 Å². The summed E-state index contributed by atoms with van der Waals surface area (Å²) in [5.41, 5.74) is 1.14. The Hall–Kier alpha value is -2.14. The number of hydrogen-bond acceptors (Lipinski definition) is 4. The van der Waals surface area contributed by atoms with Gasteiger partial charge < -0.3 is 10.1 Å². The zero-order valence-corrected chi connectivity index (χ0v) is 12.6. The summed E-state index contributed by atoms with van der Waals surface area (Å²) in [6, 6.07) is 10.3. The van der Waals surface area contributed by atoms with Crippen molar-refractivity contribution in [2.24, 2.45) is 0 Å². The van der Waals surface area contributed by atoms with Crippen molar-refractivity contribution in [1.29, 1.82) is 0 Å². The van der Waals surface area contributed by atoms with E-state index in [0.29, 0.717) is 22.7 Å². The highest BCUT2D eigenvalue weighted by molar-refractivity contribution is 7.12. The summed E-state index contributed by atoms with van der Waals surface area (Å²) in [6.45, 7) is 2.48. The van der Waals surface area contributed by atoms with E-state index < -0.39 is 0 Å². The summed E-state index contributed by atoms with van der Waals surface area (Å²) in [4.78, 5) is 24.3. The molecular formula is C16H17NO3S. The number of esters is 1. The monoisotopic (exact) mass is 303 g/mol. The predicted molar refractivity (Wildman–Crippen MR) is 83.9 cm³/mol. The Kier molecular flexibility index (Phi) is 5.51. The first kappa shape index (κ1) is 15.3. The molecule has 2 aromatic rings. The number of thiophene rings is 1. The maximum Gasteiger partial charge on any atom is 0.338 e. The van der Waals surface area contributed by atoms with Gasteiger partial charge in [-0.3, -0.25) is 4.79 Å². The van der Waals surface area contributed by atoms with Crippen LogP contribution in [0.1, 0.15) is 39.8 Å². The summed E-state index contributed by atoms with van der Waals surface area (Å²) >= 11 is 1.38. The molecule has 1 heterocycles. The average molecular weight is 303 g/mol. The molecule has 0 unspecified atom stereocenters. The quantitative estimate of drug-likeness (QED) is 0.649. The maximum absolute atomic E-state index is 11.9. The molecule has 21 heavy (non-hydrogen) atoms.